The highest BCUT2D eigenvalue weighted by Gasteiger charge is 2.30. The van der Waals surface area contributed by atoms with Gasteiger partial charge in [-0.25, -0.2) is 0 Å². The van der Waals surface area contributed by atoms with Crippen LogP contribution in [0.3, 0.4) is 0 Å². The third-order valence-corrected chi connectivity index (χ3v) is 2.30. The molecule has 0 radical (unpaired) electrons. The van der Waals surface area contributed by atoms with E-state index in [2.05, 4.69) is 40.4 Å². The van der Waals surface area contributed by atoms with Crippen molar-refractivity contribution in [3.05, 3.63) is 0 Å². The average Bonchev–Trinajstić information content (AvgIpc) is 1.78. The fourth-order valence-corrected chi connectivity index (χ4v) is 1.99. The molecule has 0 amide bonds. The first-order chi connectivity index (χ1) is 5.17. The Morgan fingerprint density at radius 3 is 1.58 bits per heavy atom. The van der Waals surface area contributed by atoms with Gasteiger partial charge in [-0.15, -0.1) is 0 Å². The molecule has 0 spiro atoms. The summed E-state index contributed by atoms with van der Waals surface area (Å²) in [6.07, 6.45) is -0.0795. The molecule has 0 saturated carbocycles. The van der Waals surface area contributed by atoms with E-state index in [4.69, 9.17) is 9.16 Å². The predicted molar refractivity (Wildman–Crippen MR) is 54.7 cm³/mol. The molecule has 74 valence electrons. The van der Waals surface area contributed by atoms with Crippen LogP contribution < -0.4 is 0 Å². The molecule has 0 aromatic heterocycles. The molecule has 0 aliphatic rings. The summed E-state index contributed by atoms with van der Waals surface area (Å²) in [5.41, 5.74) is 0.0645. The lowest BCUT2D eigenvalue weighted by Gasteiger charge is -2.34. The van der Waals surface area contributed by atoms with Crippen molar-refractivity contribution in [3.63, 3.8) is 0 Å². The van der Waals surface area contributed by atoms with Gasteiger partial charge >= 0.3 is 0 Å². The highest BCUT2D eigenvalue weighted by molar-refractivity contribution is 6.69. The van der Waals surface area contributed by atoms with Crippen molar-refractivity contribution in [1.29, 1.82) is 0 Å². The molecule has 1 atom stereocenters. The zero-order valence-electron chi connectivity index (χ0n) is 9.39. The monoisotopic (exact) mass is 190 g/mol. The molecular formula is C9H22O2Si. The summed E-state index contributed by atoms with van der Waals surface area (Å²) in [4.78, 5) is 0. The highest BCUT2D eigenvalue weighted by atomic mass is 28.4. The van der Waals surface area contributed by atoms with Gasteiger partial charge in [-0.1, -0.05) is 20.8 Å². The maximum atomic E-state index is 5.87. The van der Waals surface area contributed by atoms with Crippen LogP contribution in [-0.4, -0.2) is 21.7 Å². The van der Waals surface area contributed by atoms with E-state index < -0.39 is 8.32 Å². The first kappa shape index (κ1) is 12.1. The normalized spacial score (nSPS) is 16.2. The summed E-state index contributed by atoms with van der Waals surface area (Å²) >= 11 is 0. The second kappa shape index (κ2) is 3.90. The van der Waals surface area contributed by atoms with E-state index in [1.165, 1.54) is 0 Å². The lowest BCUT2D eigenvalue weighted by Crippen LogP contribution is -2.40. The molecule has 0 aliphatic heterocycles. The molecule has 1 unspecified atom stereocenters. The van der Waals surface area contributed by atoms with Crippen molar-refractivity contribution < 1.29 is 9.16 Å². The van der Waals surface area contributed by atoms with E-state index in [0.29, 0.717) is 0 Å². The zero-order valence-corrected chi connectivity index (χ0v) is 10.4. The Bertz CT molecular complexity index is 132. The van der Waals surface area contributed by atoms with Crippen molar-refractivity contribution in [2.24, 2.45) is 5.41 Å². The molecule has 0 aromatic carbocycles. The van der Waals surface area contributed by atoms with Gasteiger partial charge < -0.3 is 9.16 Å². The number of hydrogen-bond acceptors (Lipinski definition) is 2. The predicted octanol–water partition coefficient (Wildman–Crippen LogP) is 2.86. The maximum Gasteiger partial charge on any atom is 0.187 e. The van der Waals surface area contributed by atoms with Gasteiger partial charge in [-0.2, -0.15) is 0 Å². The molecule has 0 saturated heterocycles. The topological polar surface area (TPSA) is 18.5 Å². The third-order valence-electron chi connectivity index (χ3n) is 1.38. The number of rotatable bonds is 3. The third kappa shape index (κ3) is 4.90. The van der Waals surface area contributed by atoms with Crippen LogP contribution in [0.4, 0.5) is 0 Å². The lowest BCUT2D eigenvalue weighted by atomic mass is 9.96. The summed E-state index contributed by atoms with van der Waals surface area (Å²) in [6.45, 7) is 12.9. The minimum absolute atomic E-state index is 0.0645. The lowest BCUT2D eigenvalue weighted by molar-refractivity contribution is -0.126. The number of hydrogen-bond donors (Lipinski definition) is 0. The van der Waals surface area contributed by atoms with Crippen LogP contribution in [0.5, 0.6) is 0 Å². The first-order valence-electron chi connectivity index (χ1n) is 4.37. The minimum atomic E-state index is -1.48. The van der Waals surface area contributed by atoms with E-state index in [0.717, 1.165) is 0 Å². The first-order valence-corrected chi connectivity index (χ1v) is 7.78. The van der Waals surface area contributed by atoms with Gasteiger partial charge in [0.1, 0.15) is 0 Å². The van der Waals surface area contributed by atoms with Crippen molar-refractivity contribution in [2.45, 2.75) is 46.7 Å². The fourth-order valence-electron chi connectivity index (χ4n) is 0.900. The Labute approximate surface area is 77.4 Å². The quantitative estimate of drug-likeness (QED) is 0.503. The summed E-state index contributed by atoms with van der Waals surface area (Å²) in [7, 11) is 0.228. The summed E-state index contributed by atoms with van der Waals surface area (Å²) < 4.78 is 11.2. The number of methoxy groups -OCH3 is 1. The van der Waals surface area contributed by atoms with E-state index in [-0.39, 0.29) is 11.7 Å². The van der Waals surface area contributed by atoms with E-state index in [9.17, 15) is 0 Å². The molecule has 12 heavy (non-hydrogen) atoms. The van der Waals surface area contributed by atoms with E-state index in [1.807, 2.05) is 0 Å². The van der Waals surface area contributed by atoms with Gasteiger partial charge in [0, 0.05) is 12.5 Å². The maximum absolute atomic E-state index is 5.87. The minimum Gasteiger partial charge on any atom is -0.393 e. The SMILES string of the molecule is COC(O[Si](C)(C)C)C(C)(C)C. The summed E-state index contributed by atoms with van der Waals surface area (Å²) in [5, 5.41) is 0. The molecule has 3 heteroatoms. The Morgan fingerprint density at radius 1 is 1.08 bits per heavy atom. The molecule has 0 bridgehead atoms. The molecule has 0 aromatic rings. The molecule has 2 nitrogen and oxygen atoms in total. The fraction of sp³-hybridized carbons (Fsp3) is 1.00. The van der Waals surface area contributed by atoms with Gasteiger partial charge in [0.05, 0.1) is 0 Å². The Kier molecular flexibility index (Phi) is 3.94. The van der Waals surface area contributed by atoms with Gasteiger partial charge in [0.15, 0.2) is 14.6 Å². The van der Waals surface area contributed by atoms with Crippen LogP contribution in [0.15, 0.2) is 0 Å². The number of ether oxygens (including phenoxy) is 1. The highest BCUT2D eigenvalue weighted by Crippen LogP contribution is 2.25. The van der Waals surface area contributed by atoms with Gasteiger partial charge in [0.25, 0.3) is 0 Å². The Hall–Kier alpha value is 0.137. The Balaban J connectivity index is 4.20. The van der Waals surface area contributed by atoms with Crippen molar-refractivity contribution in [3.8, 4) is 0 Å². The molecule has 0 N–H and O–H groups in total. The summed E-state index contributed by atoms with van der Waals surface area (Å²) in [6, 6.07) is 0. The van der Waals surface area contributed by atoms with E-state index in [1.54, 1.807) is 7.11 Å². The standard InChI is InChI=1S/C9H22O2Si/c1-9(2,3)8(10-4)11-12(5,6)7/h8H,1-7H3. The smallest absolute Gasteiger partial charge is 0.187 e. The van der Waals surface area contributed by atoms with Crippen LogP contribution in [0.2, 0.25) is 19.6 Å². The molecule has 0 aliphatic carbocycles. The largest absolute Gasteiger partial charge is 0.393 e. The molecule has 0 rings (SSSR count). The van der Waals surface area contributed by atoms with Crippen LogP contribution in [0, 0.1) is 5.41 Å². The van der Waals surface area contributed by atoms with Crippen molar-refractivity contribution in [1.82, 2.24) is 0 Å². The Morgan fingerprint density at radius 2 is 1.50 bits per heavy atom. The van der Waals surface area contributed by atoms with Crippen LogP contribution in [0.1, 0.15) is 20.8 Å². The van der Waals surface area contributed by atoms with Gasteiger partial charge in [-0.05, 0) is 19.6 Å². The average molecular weight is 190 g/mol. The molecule has 0 heterocycles. The van der Waals surface area contributed by atoms with E-state index >= 15 is 0 Å². The molecule has 0 fully saturated rings. The van der Waals surface area contributed by atoms with Crippen LogP contribution >= 0.6 is 0 Å². The summed E-state index contributed by atoms with van der Waals surface area (Å²) in [5.74, 6) is 0. The van der Waals surface area contributed by atoms with Gasteiger partial charge in [0.2, 0.25) is 0 Å². The molecular weight excluding hydrogens is 168 g/mol. The zero-order chi connectivity index (χ0) is 9.99. The van der Waals surface area contributed by atoms with Crippen molar-refractivity contribution >= 4 is 8.32 Å². The van der Waals surface area contributed by atoms with Crippen LogP contribution in [-0.2, 0) is 9.16 Å². The second-order valence-corrected chi connectivity index (χ2v) is 9.62. The van der Waals surface area contributed by atoms with Crippen LogP contribution in [0.25, 0.3) is 0 Å². The van der Waals surface area contributed by atoms with Crippen molar-refractivity contribution in [2.75, 3.05) is 7.11 Å². The second-order valence-electron chi connectivity index (χ2n) is 5.16. The van der Waals surface area contributed by atoms with Gasteiger partial charge in [-0.3, -0.25) is 0 Å².